The van der Waals surface area contributed by atoms with Crippen LogP contribution < -0.4 is 5.32 Å². The molecule has 1 saturated carbocycles. The second-order valence-corrected chi connectivity index (χ2v) is 6.29. The smallest absolute Gasteiger partial charge is 0.248 e. The molecule has 1 N–H and O–H groups in total. The molecule has 4 heteroatoms. The Kier molecular flexibility index (Phi) is 3.64. The SMILES string of the molecule is CC1CCCCCC1N1CC(=O)NC(C)(C)C1=O. The number of amides is 2. The van der Waals surface area contributed by atoms with Gasteiger partial charge in [-0.25, -0.2) is 0 Å². The van der Waals surface area contributed by atoms with Crippen LogP contribution in [0.25, 0.3) is 0 Å². The van der Waals surface area contributed by atoms with E-state index in [-0.39, 0.29) is 24.4 Å². The van der Waals surface area contributed by atoms with E-state index >= 15 is 0 Å². The predicted octanol–water partition coefficient (Wildman–Crippen LogP) is 1.69. The third kappa shape index (κ3) is 2.52. The van der Waals surface area contributed by atoms with E-state index in [4.69, 9.17) is 0 Å². The van der Waals surface area contributed by atoms with Gasteiger partial charge in [0.1, 0.15) is 5.54 Å². The second kappa shape index (κ2) is 4.90. The van der Waals surface area contributed by atoms with Gasteiger partial charge in [0.25, 0.3) is 0 Å². The van der Waals surface area contributed by atoms with Crippen molar-refractivity contribution in [2.24, 2.45) is 5.92 Å². The highest BCUT2D eigenvalue weighted by molar-refractivity contribution is 5.97. The molecule has 1 heterocycles. The number of piperazine rings is 1. The lowest BCUT2D eigenvalue weighted by Gasteiger charge is -2.43. The summed E-state index contributed by atoms with van der Waals surface area (Å²) < 4.78 is 0. The number of hydrogen-bond acceptors (Lipinski definition) is 2. The molecule has 18 heavy (non-hydrogen) atoms. The summed E-state index contributed by atoms with van der Waals surface area (Å²) in [5.74, 6) is 0.537. The quantitative estimate of drug-likeness (QED) is 0.722. The Morgan fingerprint density at radius 1 is 1.17 bits per heavy atom. The first-order chi connectivity index (χ1) is 8.42. The third-order valence-corrected chi connectivity index (χ3v) is 4.28. The van der Waals surface area contributed by atoms with Crippen molar-refractivity contribution in [1.29, 1.82) is 0 Å². The largest absolute Gasteiger partial charge is 0.341 e. The molecule has 102 valence electrons. The fourth-order valence-electron chi connectivity index (χ4n) is 3.23. The molecule has 2 atom stereocenters. The molecule has 2 aliphatic rings. The van der Waals surface area contributed by atoms with E-state index in [1.165, 1.54) is 19.3 Å². The van der Waals surface area contributed by atoms with Crippen LogP contribution in [0.2, 0.25) is 0 Å². The van der Waals surface area contributed by atoms with Gasteiger partial charge in [0.15, 0.2) is 0 Å². The standard InChI is InChI=1S/C14H24N2O2/c1-10-7-5-4-6-8-11(10)16-9-12(17)15-14(2,3)13(16)18/h10-11H,4-9H2,1-3H3,(H,15,17). The Bertz CT molecular complexity index is 352. The van der Waals surface area contributed by atoms with Crippen LogP contribution in [0, 0.1) is 5.92 Å². The van der Waals surface area contributed by atoms with E-state index in [0.29, 0.717) is 5.92 Å². The van der Waals surface area contributed by atoms with E-state index in [1.807, 2.05) is 4.90 Å². The van der Waals surface area contributed by atoms with Gasteiger partial charge in [0, 0.05) is 6.04 Å². The monoisotopic (exact) mass is 252 g/mol. The summed E-state index contributed by atoms with van der Waals surface area (Å²) >= 11 is 0. The Hall–Kier alpha value is -1.06. The molecule has 4 nitrogen and oxygen atoms in total. The van der Waals surface area contributed by atoms with E-state index in [1.54, 1.807) is 13.8 Å². The minimum Gasteiger partial charge on any atom is -0.341 e. The molecule has 0 aromatic carbocycles. The zero-order valence-electron chi connectivity index (χ0n) is 11.7. The lowest BCUT2D eigenvalue weighted by molar-refractivity contribution is -0.152. The van der Waals surface area contributed by atoms with Gasteiger partial charge in [-0.05, 0) is 32.6 Å². The molecule has 0 radical (unpaired) electrons. The van der Waals surface area contributed by atoms with E-state index in [9.17, 15) is 9.59 Å². The zero-order chi connectivity index (χ0) is 13.3. The second-order valence-electron chi connectivity index (χ2n) is 6.29. The van der Waals surface area contributed by atoms with Gasteiger partial charge >= 0.3 is 0 Å². The molecule has 0 aromatic heterocycles. The van der Waals surface area contributed by atoms with Gasteiger partial charge in [-0.1, -0.05) is 26.2 Å². The Labute approximate surface area is 109 Å². The summed E-state index contributed by atoms with van der Waals surface area (Å²) in [5.41, 5.74) is -0.749. The summed E-state index contributed by atoms with van der Waals surface area (Å²) in [6.45, 7) is 6.03. The lowest BCUT2D eigenvalue weighted by atomic mass is 9.91. The average Bonchev–Trinajstić information content (AvgIpc) is 2.48. The first-order valence-electron chi connectivity index (χ1n) is 7.04. The Morgan fingerprint density at radius 2 is 1.83 bits per heavy atom. The maximum atomic E-state index is 12.5. The van der Waals surface area contributed by atoms with Crippen LogP contribution in [0.1, 0.15) is 52.9 Å². The zero-order valence-corrected chi connectivity index (χ0v) is 11.7. The fraction of sp³-hybridized carbons (Fsp3) is 0.857. The minimum absolute atomic E-state index is 0.0314. The van der Waals surface area contributed by atoms with Crippen LogP contribution in [0.4, 0.5) is 0 Å². The molecule has 1 aliphatic carbocycles. The summed E-state index contributed by atoms with van der Waals surface area (Å²) in [6.07, 6.45) is 5.86. The normalized spacial score (nSPS) is 32.9. The summed E-state index contributed by atoms with van der Waals surface area (Å²) in [7, 11) is 0. The molecular weight excluding hydrogens is 228 g/mol. The van der Waals surface area contributed by atoms with Crippen LogP contribution in [-0.4, -0.2) is 34.8 Å². The molecule has 0 aromatic rings. The number of rotatable bonds is 1. The minimum atomic E-state index is -0.749. The highest BCUT2D eigenvalue weighted by Gasteiger charge is 2.43. The van der Waals surface area contributed by atoms with Gasteiger partial charge in [-0.2, -0.15) is 0 Å². The van der Waals surface area contributed by atoms with Crippen molar-refractivity contribution in [3.63, 3.8) is 0 Å². The molecule has 2 unspecified atom stereocenters. The average molecular weight is 252 g/mol. The van der Waals surface area contributed by atoms with E-state index in [0.717, 1.165) is 12.8 Å². The van der Waals surface area contributed by atoms with Crippen molar-refractivity contribution in [3.05, 3.63) is 0 Å². The van der Waals surface area contributed by atoms with E-state index < -0.39 is 5.54 Å². The number of hydrogen-bond donors (Lipinski definition) is 1. The molecule has 2 rings (SSSR count). The van der Waals surface area contributed by atoms with Gasteiger partial charge in [0.2, 0.25) is 11.8 Å². The van der Waals surface area contributed by atoms with Crippen molar-refractivity contribution in [2.75, 3.05) is 6.54 Å². The predicted molar refractivity (Wildman–Crippen MR) is 70.0 cm³/mol. The Morgan fingerprint density at radius 3 is 2.56 bits per heavy atom. The number of nitrogens with zero attached hydrogens (tertiary/aromatic N) is 1. The van der Waals surface area contributed by atoms with Gasteiger partial charge < -0.3 is 10.2 Å². The van der Waals surface area contributed by atoms with Crippen LogP contribution in [-0.2, 0) is 9.59 Å². The fourth-order valence-corrected chi connectivity index (χ4v) is 3.23. The van der Waals surface area contributed by atoms with Crippen molar-refractivity contribution < 1.29 is 9.59 Å². The van der Waals surface area contributed by atoms with Gasteiger partial charge in [0.05, 0.1) is 6.54 Å². The number of carbonyl (C=O) groups excluding carboxylic acids is 2. The molecule has 0 spiro atoms. The van der Waals surface area contributed by atoms with Gasteiger partial charge in [-0.15, -0.1) is 0 Å². The maximum absolute atomic E-state index is 12.5. The van der Waals surface area contributed by atoms with Crippen molar-refractivity contribution in [2.45, 2.75) is 64.5 Å². The molecule has 0 bridgehead atoms. The highest BCUT2D eigenvalue weighted by Crippen LogP contribution is 2.29. The summed E-state index contributed by atoms with van der Waals surface area (Å²) in [4.78, 5) is 26.1. The number of carbonyl (C=O) groups is 2. The van der Waals surface area contributed by atoms with Gasteiger partial charge in [-0.3, -0.25) is 9.59 Å². The molecule has 2 fully saturated rings. The van der Waals surface area contributed by atoms with Crippen molar-refractivity contribution in [3.8, 4) is 0 Å². The van der Waals surface area contributed by atoms with Crippen LogP contribution in [0.15, 0.2) is 0 Å². The lowest BCUT2D eigenvalue weighted by Crippen LogP contribution is -2.66. The summed E-state index contributed by atoms with van der Waals surface area (Å²) in [5, 5.41) is 2.77. The summed E-state index contributed by atoms with van der Waals surface area (Å²) in [6, 6.07) is 0.241. The molecule has 2 amide bonds. The highest BCUT2D eigenvalue weighted by atomic mass is 16.2. The topological polar surface area (TPSA) is 49.4 Å². The Balaban J connectivity index is 2.19. The third-order valence-electron chi connectivity index (χ3n) is 4.28. The maximum Gasteiger partial charge on any atom is 0.248 e. The molecule has 1 aliphatic heterocycles. The number of nitrogens with one attached hydrogen (secondary N) is 1. The molecule has 1 saturated heterocycles. The van der Waals surface area contributed by atoms with Crippen LogP contribution in [0.5, 0.6) is 0 Å². The first-order valence-corrected chi connectivity index (χ1v) is 7.04. The molecular formula is C14H24N2O2. The van der Waals surface area contributed by atoms with Crippen molar-refractivity contribution in [1.82, 2.24) is 10.2 Å². The first kappa shape index (κ1) is 13.4. The van der Waals surface area contributed by atoms with E-state index in [2.05, 4.69) is 12.2 Å². The van der Waals surface area contributed by atoms with Crippen LogP contribution in [0.3, 0.4) is 0 Å². The van der Waals surface area contributed by atoms with Crippen LogP contribution >= 0.6 is 0 Å². The van der Waals surface area contributed by atoms with Crippen molar-refractivity contribution >= 4 is 11.8 Å².